The van der Waals surface area contributed by atoms with Crippen LogP contribution in [0, 0.1) is 0 Å². The molecule has 0 amide bonds. The summed E-state index contributed by atoms with van der Waals surface area (Å²) in [7, 11) is 0. The van der Waals surface area contributed by atoms with Gasteiger partial charge in [-0.15, -0.1) is 11.3 Å². The summed E-state index contributed by atoms with van der Waals surface area (Å²) in [4.78, 5) is 4.47. The van der Waals surface area contributed by atoms with Gasteiger partial charge in [0.2, 0.25) is 0 Å². The number of benzene rings is 2. The van der Waals surface area contributed by atoms with Gasteiger partial charge in [0.15, 0.2) is 0 Å². The summed E-state index contributed by atoms with van der Waals surface area (Å²) < 4.78 is 2.10. The average molecular weight is 320 g/mol. The molecule has 2 aromatic carbocycles. The fraction of sp³-hybridized carbons (Fsp3) is 0.0714. The maximum Gasteiger partial charge on any atom is 0.131 e. The highest BCUT2D eigenvalue weighted by Gasteiger charge is 2.15. The quantitative estimate of drug-likeness (QED) is 0.770. The van der Waals surface area contributed by atoms with E-state index in [0.29, 0.717) is 0 Å². The van der Waals surface area contributed by atoms with Gasteiger partial charge in [0.25, 0.3) is 0 Å². The monoisotopic (exact) mass is 319 g/mol. The van der Waals surface area contributed by atoms with Crippen LogP contribution >= 0.6 is 27.3 Å². The zero-order valence-corrected chi connectivity index (χ0v) is 11.8. The fourth-order valence-corrected chi connectivity index (χ4v) is 3.04. The molecule has 18 heavy (non-hydrogen) atoms. The van der Waals surface area contributed by atoms with E-state index in [1.54, 1.807) is 0 Å². The molecule has 0 radical (unpaired) electrons. The van der Waals surface area contributed by atoms with Crippen molar-refractivity contribution in [2.75, 3.05) is 0 Å². The Hall–Kier alpha value is -1.23. The van der Waals surface area contributed by atoms with E-state index in [2.05, 4.69) is 20.9 Å². The van der Waals surface area contributed by atoms with E-state index >= 15 is 0 Å². The number of rotatable bonds is 2. The van der Waals surface area contributed by atoms with Crippen molar-refractivity contribution >= 4 is 37.5 Å². The number of aliphatic hydroxyl groups excluding tert-OH is 1. The largest absolute Gasteiger partial charge is 0.381 e. The van der Waals surface area contributed by atoms with Crippen LogP contribution in [-0.4, -0.2) is 10.1 Å². The molecule has 1 unspecified atom stereocenters. The predicted octanol–water partition coefficient (Wildman–Crippen LogP) is 4.14. The predicted molar refractivity (Wildman–Crippen MR) is 77.8 cm³/mol. The van der Waals surface area contributed by atoms with Crippen LogP contribution in [0.1, 0.15) is 16.7 Å². The Kier molecular flexibility index (Phi) is 3.16. The highest BCUT2D eigenvalue weighted by Crippen LogP contribution is 2.30. The maximum absolute atomic E-state index is 10.3. The summed E-state index contributed by atoms with van der Waals surface area (Å²) in [6, 6.07) is 15.6. The fourth-order valence-electron chi connectivity index (χ4n) is 1.79. The highest BCUT2D eigenvalue weighted by atomic mass is 79.9. The summed E-state index contributed by atoms with van der Waals surface area (Å²) >= 11 is 4.92. The van der Waals surface area contributed by atoms with Crippen LogP contribution in [0.3, 0.4) is 0 Å². The smallest absolute Gasteiger partial charge is 0.131 e. The SMILES string of the molecule is OC(c1ccc(Br)cc1)c1nc2ccccc2s1. The second-order valence-corrected chi connectivity index (χ2v) is 5.95. The number of nitrogens with zero attached hydrogens (tertiary/aromatic N) is 1. The van der Waals surface area contributed by atoms with Crippen molar-refractivity contribution in [3.05, 3.63) is 63.6 Å². The third kappa shape index (κ3) is 2.19. The van der Waals surface area contributed by atoms with Crippen LogP contribution in [0.2, 0.25) is 0 Å². The van der Waals surface area contributed by atoms with Crippen molar-refractivity contribution < 1.29 is 5.11 Å². The molecule has 0 spiro atoms. The zero-order valence-electron chi connectivity index (χ0n) is 9.38. The van der Waals surface area contributed by atoms with Crippen molar-refractivity contribution in [3.8, 4) is 0 Å². The van der Waals surface area contributed by atoms with Gasteiger partial charge in [-0.05, 0) is 29.8 Å². The van der Waals surface area contributed by atoms with Gasteiger partial charge in [-0.1, -0.05) is 40.2 Å². The zero-order chi connectivity index (χ0) is 12.5. The molecule has 1 aromatic heterocycles. The summed E-state index contributed by atoms with van der Waals surface area (Å²) in [5.74, 6) is 0. The molecule has 1 atom stereocenters. The van der Waals surface area contributed by atoms with E-state index in [1.807, 2.05) is 48.5 Å². The van der Waals surface area contributed by atoms with Gasteiger partial charge in [0, 0.05) is 4.47 Å². The van der Waals surface area contributed by atoms with E-state index in [0.717, 1.165) is 25.3 Å². The van der Waals surface area contributed by atoms with Crippen molar-refractivity contribution in [2.24, 2.45) is 0 Å². The topological polar surface area (TPSA) is 33.1 Å². The number of aliphatic hydroxyl groups is 1. The second kappa shape index (κ2) is 4.80. The minimum Gasteiger partial charge on any atom is -0.381 e. The first kappa shape index (κ1) is 11.8. The Bertz CT molecular complexity index is 645. The molecule has 1 N–H and O–H groups in total. The maximum atomic E-state index is 10.3. The minimum atomic E-state index is -0.657. The third-order valence-corrected chi connectivity index (χ3v) is 4.35. The first-order chi connectivity index (χ1) is 8.74. The number of thiazole rings is 1. The molecule has 2 nitrogen and oxygen atoms in total. The van der Waals surface area contributed by atoms with Gasteiger partial charge in [0.05, 0.1) is 10.2 Å². The standard InChI is InChI=1S/C14H10BrNOS/c15-10-7-5-9(6-8-10)13(17)14-16-11-3-1-2-4-12(11)18-14/h1-8,13,17H. The molecule has 3 rings (SSSR count). The molecule has 0 bridgehead atoms. The lowest BCUT2D eigenvalue weighted by Crippen LogP contribution is -1.98. The Morgan fingerprint density at radius 3 is 2.50 bits per heavy atom. The van der Waals surface area contributed by atoms with Crippen molar-refractivity contribution in [3.63, 3.8) is 0 Å². The third-order valence-electron chi connectivity index (χ3n) is 2.73. The molecule has 0 aliphatic carbocycles. The molecule has 0 fully saturated rings. The van der Waals surface area contributed by atoms with E-state index in [4.69, 9.17) is 0 Å². The molecule has 0 saturated carbocycles. The van der Waals surface area contributed by atoms with Crippen LogP contribution in [0.5, 0.6) is 0 Å². The Labute approximate surface area is 117 Å². The second-order valence-electron chi connectivity index (χ2n) is 3.97. The molecule has 4 heteroatoms. The number of hydrogen-bond acceptors (Lipinski definition) is 3. The van der Waals surface area contributed by atoms with Gasteiger partial charge in [-0.25, -0.2) is 4.98 Å². The average Bonchev–Trinajstić information content (AvgIpc) is 2.82. The first-order valence-corrected chi connectivity index (χ1v) is 7.14. The Morgan fingerprint density at radius 1 is 1.06 bits per heavy atom. The minimum absolute atomic E-state index is 0.657. The van der Waals surface area contributed by atoms with E-state index in [1.165, 1.54) is 11.3 Å². The van der Waals surface area contributed by atoms with Gasteiger partial charge in [0.1, 0.15) is 11.1 Å². The van der Waals surface area contributed by atoms with Crippen molar-refractivity contribution in [1.29, 1.82) is 0 Å². The highest BCUT2D eigenvalue weighted by molar-refractivity contribution is 9.10. The van der Waals surface area contributed by atoms with Crippen LogP contribution < -0.4 is 0 Å². The lowest BCUT2D eigenvalue weighted by Gasteiger charge is -2.07. The van der Waals surface area contributed by atoms with Crippen molar-refractivity contribution in [2.45, 2.75) is 6.10 Å². The number of para-hydroxylation sites is 1. The summed E-state index contributed by atoms with van der Waals surface area (Å²) in [5.41, 5.74) is 1.80. The molecule has 0 aliphatic rings. The molecule has 0 aliphatic heterocycles. The van der Waals surface area contributed by atoms with Crippen LogP contribution in [-0.2, 0) is 0 Å². The van der Waals surface area contributed by atoms with Gasteiger partial charge >= 0.3 is 0 Å². The van der Waals surface area contributed by atoms with Crippen LogP contribution in [0.4, 0.5) is 0 Å². The van der Waals surface area contributed by atoms with Crippen molar-refractivity contribution in [1.82, 2.24) is 4.98 Å². The molecule has 3 aromatic rings. The lowest BCUT2D eigenvalue weighted by molar-refractivity contribution is 0.220. The van der Waals surface area contributed by atoms with E-state index in [-0.39, 0.29) is 0 Å². The van der Waals surface area contributed by atoms with Gasteiger partial charge < -0.3 is 5.11 Å². The van der Waals surface area contributed by atoms with E-state index in [9.17, 15) is 5.11 Å². The molecule has 0 saturated heterocycles. The van der Waals surface area contributed by atoms with E-state index < -0.39 is 6.10 Å². The first-order valence-electron chi connectivity index (χ1n) is 5.53. The lowest BCUT2D eigenvalue weighted by atomic mass is 10.1. The summed E-state index contributed by atoms with van der Waals surface area (Å²) in [6.07, 6.45) is -0.657. The van der Waals surface area contributed by atoms with Gasteiger partial charge in [-0.2, -0.15) is 0 Å². The molecular formula is C14H10BrNOS. The number of aromatic nitrogens is 1. The van der Waals surface area contributed by atoms with Gasteiger partial charge in [-0.3, -0.25) is 0 Å². The molecule has 90 valence electrons. The normalized spacial score (nSPS) is 12.8. The number of fused-ring (bicyclic) bond motifs is 1. The number of hydrogen-bond donors (Lipinski definition) is 1. The summed E-state index contributed by atoms with van der Waals surface area (Å²) in [6.45, 7) is 0. The van der Waals surface area contributed by atoms with Crippen LogP contribution in [0.15, 0.2) is 53.0 Å². The Balaban J connectivity index is 2.00. The number of halogens is 1. The Morgan fingerprint density at radius 2 is 1.78 bits per heavy atom. The van der Waals surface area contributed by atoms with Crippen LogP contribution in [0.25, 0.3) is 10.2 Å². The molecule has 1 heterocycles. The summed E-state index contributed by atoms with van der Waals surface area (Å²) in [5, 5.41) is 11.1. The molecular weight excluding hydrogens is 310 g/mol.